The number of nitrogens with zero attached hydrogens (tertiary/aromatic N) is 1. The summed E-state index contributed by atoms with van der Waals surface area (Å²) in [4.78, 5) is 4.57. The maximum atomic E-state index is 5.61. The molecule has 0 aromatic carbocycles. The summed E-state index contributed by atoms with van der Waals surface area (Å²) < 4.78 is 0. The van der Waals surface area contributed by atoms with E-state index in [-0.39, 0.29) is 0 Å². The van der Waals surface area contributed by atoms with Crippen LogP contribution in [0.15, 0.2) is 5.38 Å². The molecule has 0 saturated heterocycles. The molecule has 3 heteroatoms. The smallest absolute Gasteiger partial charge is 0.0959 e. The van der Waals surface area contributed by atoms with Crippen molar-refractivity contribution in [1.29, 1.82) is 0 Å². The van der Waals surface area contributed by atoms with E-state index in [2.05, 4.69) is 10.4 Å². The Morgan fingerprint density at radius 3 is 3.08 bits per heavy atom. The molecular weight excluding hydrogens is 190 g/mol. The Bertz CT molecular complexity index is 255. The second-order valence-electron chi connectivity index (χ2n) is 3.24. The van der Waals surface area contributed by atoms with Gasteiger partial charge in [-0.1, -0.05) is 0 Å². The van der Waals surface area contributed by atoms with Crippen LogP contribution in [0.5, 0.6) is 0 Å². The molecule has 0 N–H and O–H groups in total. The molecule has 0 spiro atoms. The highest BCUT2D eigenvalue weighted by Crippen LogP contribution is 2.41. The van der Waals surface area contributed by atoms with Crippen LogP contribution in [0.1, 0.15) is 35.9 Å². The highest BCUT2D eigenvalue weighted by Gasteiger charge is 2.26. The van der Waals surface area contributed by atoms with Gasteiger partial charge in [0, 0.05) is 17.2 Å². The fourth-order valence-electron chi connectivity index (χ4n) is 1.20. The summed E-state index contributed by atoms with van der Waals surface area (Å²) in [7, 11) is 0. The van der Waals surface area contributed by atoms with Crippen molar-refractivity contribution in [3.8, 4) is 0 Å². The minimum Gasteiger partial charge on any atom is -0.246 e. The molecule has 0 atom stereocenters. The van der Waals surface area contributed by atoms with E-state index in [0.29, 0.717) is 0 Å². The Balaban J connectivity index is 1.93. The minimum absolute atomic E-state index is 0.746. The molecule has 1 heterocycles. The third kappa shape index (κ3) is 1.99. The number of rotatable bonds is 4. The second-order valence-corrected chi connectivity index (χ2v) is 4.51. The van der Waals surface area contributed by atoms with E-state index in [1.54, 1.807) is 0 Å². The summed E-state index contributed by atoms with van der Waals surface area (Å²) in [5.41, 5.74) is 1.24. The molecule has 1 saturated carbocycles. The molecule has 0 amide bonds. The Morgan fingerprint density at radius 1 is 1.58 bits per heavy atom. The molecule has 1 aliphatic rings. The fraction of sp³-hybridized carbons (Fsp3) is 0.667. The highest BCUT2D eigenvalue weighted by atomic mass is 35.5. The molecular formula is C9H12ClNS. The van der Waals surface area contributed by atoms with Crippen LogP contribution in [0.2, 0.25) is 0 Å². The van der Waals surface area contributed by atoms with Crippen LogP contribution in [0, 0.1) is 0 Å². The number of alkyl halides is 1. The van der Waals surface area contributed by atoms with Crippen LogP contribution < -0.4 is 0 Å². The summed E-state index contributed by atoms with van der Waals surface area (Å²) in [6.45, 7) is 0. The van der Waals surface area contributed by atoms with Gasteiger partial charge in [0.15, 0.2) is 0 Å². The van der Waals surface area contributed by atoms with E-state index >= 15 is 0 Å². The molecule has 0 aliphatic heterocycles. The van der Waals surface area contributed by atoms with Crippen LogP contribution in [-0.4, -0.2) is 10.9 Å². The van der Waals surface area contributed by atoms with Crippen LogP contribution >= 0.6 is 22.9 Å². The molecule has 0 bridgehead atoms. The molecule has 0 unspecified atom stereocenters. The summed E-state index contributed by atoms with van der Waals surface area (Å²) in [6.07, 6.45) is 4.80. The van der Waals surface area contributed by atoms with Gasteiger partial charge in [0.05, 0.1) is 10.7 Å². The number of aromatic nitrogens is 1. The zero-order valence-electron chi connectivity index (χ0n) is 6.92. The first kappa shape index (κ1) is 8.52. The van der Waals surface area contributed by atoms with Crippen molar-refractivity contribution in [3.05, 3.63) is 16.1 Å². The van der Waals surface area contributed by atoms with Crippen molar-refractivity contribution in [2.75, 3.05) is 5.88 Å². The average Bonchev–Trinajstić information content (AvgIpc) is 2.83. The zero-order valence-corrected chi connectivity index (χ0v) is 8.50. The molecule has 1 fully saturated rings. The normalized spacial score (nSPS) is 16.8. The van der Waals surface area contributed by atoms with Crippen LogP contribution in [0.25, 0.3) is 0 Å². The first-order valence-corrected chi connectivity index (χ1v) is 5.82. The third-order valence-corrected chi connectivity index (χ3v) is 3.39. The molecule has 2 rings (SSSR count). The van der Waals surface area contributed by atoms with Crippen molar-refractivity contribution < 1.29 is 0 Å². The van der Waals surface area contributed by atoms with Crippen molar-refractivity contribution in [2.45, 2.75) is 31.6 Å². The van der Waals surface area contributed by atoms with Crippen molar-refractivity contribution in [2.24, 2.45) is 0 Å². The standard InChI is InChI=1S/C9H12ClNS/c10-5-1-2-8-6-12-9(11-8)7-3-4-7/h6-7H,1-5H2. The highest BCUT2D eigenvalue weighted by molar-refractivity contribution is 7.09. The third-order valence-electron chi connectivity index (χ3n) is 2.06. The van der Waals surface area contributed by atoms with Crippen molar-refractivity contribution in [1.82, 2.24) is 4.98 Å². The van der Waals surface area contributed by atoms with Gasteiger partial charge in [0.25, 0.3) is 0 Å². The molecule has 1 aliphatic carbocycles. The lowest BCUT2D eigenvalue weighted by atomic mass is 10.3. The van der Waals surface area contributed by atoms with E-state index in [4.69, 9.17) is 11.6 Å². The van der Waals surface area contributed by atoms with Crippen LogP contribution in [0.4, 0.5) is 0 Å². The Kier molecular flexibility index (Phi) is 2.66. The lowest BCUT2D eigenvalue weighted by Crippen LogP contribution is -1.87. The van der Waals surface area contributed by atoms with Gasteiger partial charge < -0.3 is 0 Å². The number of halogens is 1. The van der Waals surface area contributed by atoms with Gasteiger partial charge in [-0.25, -0.2) is 4.98 Å². The molecule has 0 radical (unpaired) electrons. The monoisotopic (exact) mass is 201 g/mol. The lowest BCUT2D eigenvalue weighted by Gasteiger charge is -1.90. The van der Waals surface area contributed by atoms with E-state index in [9.17, 15) is 0 Å². The summed E-state index contributed by atoms with van der Waals surface area (Å²) in [5, 5.41) is 3.53. The average molecular weight is 202 g/mol. The largest absolute Gasteiger partial charge is 0.246 e. The van der Waals surface area contributed by atoms with Crippen LogP contribution in [0.3, 0.4) is 0 Å². The Hall–Kier alpha value is -0.0800. The second kappa shape index (κ2) is 3.75. The molecule has 1 aromatic heterocycles. The number of hydrogen-bond acceptors (Lipinski definition) is 2. The van der Waals surface area contributed by atoms with Crippen molar-refractivity contribution >= 4 is 22.9 Å². The van der Waals surface area contributed by atoms with E-state index < -0.39 is 0 Å². The predicted molar refractivity (Wildman–Crippen MR) is 53.1 cm³/mol. The SMILES string of the molecule is ClCCCc1csc(C2CC2)n1. The predicted octanol–water partition coefficient (Wildman–Crippen LogP) is 3.19. The van der Waals surface area contributed by atoms with Gasteiger partial charge in [0.1, 0.15) is 0 Å². The molecule has 12 heavy (non-hydrogen) atoms. The number of aryl methyl sites for hydroxylation is 1. The van der Waals surface area contributed by atoms with Crippen LogP contribution in [-0.2, 0) is 6.42 Å². The molecule has 66 valence electrons. The Labute approximate surface area is 81.8 Å². The van der Waals surface area contributed by atoms with Gasteiger partial charge in [-0.3, -0.25) is 0 Å². The summed E-state index contributed by atoms with van der Waals surface area (Å²) in [6, 6.07) is 0. The maximum Gasteiger partial charge on any atom is 0.0959 e. The topological polar surface area (TPSA) is 12.9 Å². The van der Waals surface area contributed by atoms with Crippen molar-refractivity contribution in [3.63, 3.8) is 0 Å². The fourth-order valence-corrected chi connectivity index (χ4v) is 2.36. The van der Waals surface area contributed by atoms with Gasteiger partial charge >= 0.3 is 0 Å². The summed E-state index contributed by atoms with van der Waals surface area (Å²) >= 11 is 7.43. The van der Waals surface area contributed by atoms with E-state index in [1.807, 2.05) is 11.3 Å². The zero-order chi connectivity index (χ0) is 8.39. The first-order valence-electron chi connectivity index (χ1n) is 4.40. The quantitative estimate of drug-likeness (QED) is 0.682. The van der Waals surface area contributed by atoms with E-state index in [1.165, 1.54) is 23.5 Å². The number of hydrogen-bond donors (Lipinski definition) is 0. The Morgan fingerprint density at radius 2 is 2.42 bits per heavy atom. The molecule has 1 nitrogen and oxygen atoms in total. The van der Waals surface area contributed by atoms with Gasteiger partial charge in [-0.15, -0.1) is 22.9 Å². The summed E-state index contributed by atoms with van der Waals surface area (Å²) in [5.74, 6) is 1.55. The van der Waals surface area contributed by atoms with E-state index in [0.717, 1.165) is 24.6 Å². The lowest BCUT2D eigenvalue weighted by molar-refractivity contribution is 0.885. The number of thiazole rings is 1. The van der Waals surface area contributed by atoms with Gasteiger partial charge in [-0.2, -0.15) is 0 Å². The minimum atomic E-state index is 0.746. The maximum absolute atomic E-state index is 5.61. The molecule has 1 aromatic rings. The van der Waals surface area contributed by atoms with Gasteiger partial charge in [-0.05, 0) is 25.7 Å². The van der Waals surface area contributed by atoms with Gasteiger partial charge in [0.2, 0.25) is 0 Å². The first-order chi connectivity index (χ1) is 5.90.